The minimum absolute atomic E-state index is 0.101. The van der Waals surface area contributed by atoms with Crippen LogP contribution in [0.2, 0.25) is 0 Å². The lowest BCUT2D eigenvalue weighted by Crippen LogP contribution is -2.52. The molecule has 1 unspecified atom stereocenters. The first-order chi connectivity index (χ1) is 33.8. The molecule has 0 radical (unpaired) electrons. The fraction of sp³-hybridized carbons (Fsp3) is 0.451. The molecule has 0 spiro atoms. The number of anilines is 2. The minimum Gasteiger partial charge on any atom is -0.457 e. The minimum atomic E-state index is -0.833. The van der Waals surface area contributed by atoms with Gasteiger partial charge in [0.1, 0.15) is 35.3 Å². The number of amides is 4. The van der Waals surface area contributed by atoms with Gasteiger partial charge in [0.25, 0.3) is 11.8 Å². The second-order valence-electron chi connectivity index (χ2n) is 17.9. The van der Waals surface area contributed by atoms with Crippen molar-refractivity contribution in [1.82, 2.24) is 39.9 Å². The maximum atomic E-state index is 13.3. The number of hydrogen-bond acceptors (Lipinski definition) is 14. The number of benzene rings is 3. The van der Waals surface area contributed by atoms with Crippen LogP contribution in [0.1, 0.15) is 65.3 Å². The molecule has 5 heterocycles. The Bertz CT molecular complexity index is 2560. The Morgan fingerprint density at radius 3 is 2.20 bits per heavy atom. The molecule has 3 aliphatic heterocycles. The first kappa shape index (κ1) is 47.6. The van der Waals surface area contributed by atoms with Gasteiger partial charge in [-0.05, 0) is 80.5 Å². The fourth-order valence-corrected chi connectivity index (χ4v) is 9.96. The van der Waals surface area contributed by atoms with Crippen LogP contribution in [-0.2, 0) is 23.8 Å². The van der Waals surface area contributed by atoms with Crippen molar-refractivity contribution in [2.75, 3.05) is 103 Å². The highest BCUT2D eigenvalue weighted by atomic mass is 16.5. The number of nitrogens with zero attached hydrogens (tertiary/aromatic N) is 6. The van der Waals surface area contributed by atoms with Gasteiger partial charge in [-0.2, -0.15) is 0 Å². The summed E-state index contributed by atoms with van der Waals surface area (Å²) in [5, 5.41) is 9.38. The van der Waals surface area contributed by atoms with Crippen LogP contribution < -0.4 is 26.4 Å². The molecule has 3 fully saturated rings. The molecule has 9 rings (SSSR count). The van der Waals surface area contributed by atoms with Crippen molar-refractivity contribution in [1.29, 1.82) is 0 Å². The number of hydrogen-bond donors (Lipinski definition) is 4. The summed E-state index contributed by atoms with van der Waals surface area (Å²) >= 11 is 0. The Labute approximate surface area is 401 Å². The number of fused-ring (bicyclic) bond motifs is 2. The summed E-state index contributed by atoms with van der Waals surface area (Å²) in [5.74, 6) is 0.414. The Kier molecular flexibility index (Phi) is 15.7. The Hall–Kier alpha value is -6.44. The summed E-state index contributed by atoms with van der Waals surface area (Å²) in [7, 11) is 0. The monoisotopic (exact) mass is 942 g/mol. The van der Waals surface area contributed by atoms with E-state index in [2.05, 4.69) is 53.6 Å². The molecule has 5 N–H and O–H groups in total. The Morgan fingerprint density at radius 1 is 0.739 bits per heavy atom. The quantitative estimate of drug-likeness (QED) is 0.0580. The van der Waals surface area contributed by atoms with Gasteiger partial charge >= 0.3 is 0 Å². The molecule has 5 aromatic rings. The number of carbonyl (C=O) groups excluding carboxylic acids is 4. The van der Waals surface area contributed by atoms with Crippen LogP contribution >= 0.6 is 0 Å². The summed E-state index contributed by atoms with van der Waals surface area (Å²) < 4.78 is 25.5. The zero-order valence-electron chi connectivity index (χ0n) is 39.0. The molecule has 2 aromatic heterocycles. The van der Waals surface area contributed by atoms with Crippen LogP contribution in [0.25, 0.3) is 22.2 Å². The molecule has 4 aliphatic rings. The van der Waals surface area contributed by atoms with Crippen molar-refractivity contribution in [3.05, 3.63) is 96.4 Å². The predicted octanol–water partition coefficient (Wildman–Crippen LogP) is 4.73. The number of ether oxygens (including phenoxy) is 4. The Morgan fingerprint density at radius 2 is 1.45 bits per heavy atom. The van der Waals surface area contributed by atoms with Crippen molar-refractivity contribution in [2.24, 2.45) is 0 Å². The molecular weight excluding hydrogens is 881 g/mol. The number of aromatic nitrogens is 3. The van der Waals surface area contributed by atoms with E-state index in [1.807, 2.05) is 42.5 Å². The van der Waals surface area contributed by atoms with Gasteiger partial charge in [-0.1, -0.05) is 36.4 Å². The fourth-order valence-electron chi connectivity index (χ4n) is 9.96. The number of imide groups is 1. The van der Waals surface area contributed by atoms with Crippen molar-refractivity contribution in [2.45, 2.75) is 56.7 Å². The molecule has 1 atom stereocenters. The second kappa shape index (κ2) is 22.8. The summed E-state index contributed by atoms with van der Waals surface area (Å²) in [5.41, 5.74) is 10.2. The third-order valence-corrected chi connectivity index (χ3v) is 13.6. The topological polar surface area (TPSA) is 208 Å². The highest BCUT2D eigenvalue weighted by Gasteiger charge is 2.44. The molecule has 18 nitrogen and oxygen atoms in total. The van der Waals surface area contributed by atoms with Crippen molar-refractivity contribution >= 4 is 46.2 Å². The number of nitrogen functional groups attached to an aromatic ring is 1. The van der Waals surface area contributed by atoms with E-state index in [0.717, 1.165) is 97.0 Å². The molecule has 18 heteroatoms. The molecule has 4 amide bonds. The molecular formula is C51H62N10O8. The van der Waals surface area contributed by atoms with E-state index >= 15 is 0 Å². The van der Waals surface area contributed by atoms with E-state index in [-0.39, 0.29) is 29.5 Å². The van der Waals surface area contributed by atoms with Crippen LogP contribution in [0.3, 0.4) is 0 Å². The van der Waals surface area contributed by atoms with E-state index in [1.165, 1.54) is 0 Å². The molecule has 69 heavy (non-hydrogen) atoms. The van der Waals surface area contributed by atoms with E-state index in [0.29, 0.717) is 89.2 Å². The largest absolute Gasteiger partial charge is 0.457 e. The Balaban J connectivity index is 0.606. The van der Waals surface area contributed by atoms with Gasteiger partial charge in [0.05, 0.1) is 62.7 Å². The number of piperazine rings is 1. The van der Waals surface area contributed by atoms with Gasteiger partial charge in [0.2, 0.25) is 11.8 Å². The smallest absolute Gasteiger partial charge is 0.264 e. The highest BCUT2D eigenvalue weighted by molar-refractivity contribution is 6.25. The number of piperidine rings is 1. The van der Waals surface area contributed by atoms with Crippen LogP contribution in [0.4, 0.5) is 11.5 Å². The number of para-hydroxylation sites is 1. The van der Waals surface area contributed by atoms with Crippen LogP contribution in [0, 0.1) is 0 Å². The van der Waals surface area contributed by atoms with Gasteiger partial charge in [-0.3, -0.25) is 33.9 Å². The standard InChI is InChI=1S/C51H62N10O8/c52-47-46-41(35-11-17-39(18-12-35)69-38-6-2-1-3-7-38)33-60(48(46)57-34-56-47)37-15-13-36(14-16-37)59-23-21-58(22-24-59)25-27-67-29-31-68-30-28-66-26-20-53-44(62)32-55-42-9-4-8-40-45(42)51(65)61(50(40)64)43-10-5-19-54-49(43)63/h1-4,6-9,11-12,17-18,33-34,36-37,43,55H,5,10,13-16,19-32H2,(H,53,62)(H,54,63)(H2,52,56,57)/t36-,37+,43?. The lowest BCUT2D eigenvalue weighted by molar-refractivity contribution is -0.126. The van der Waals surface area contributed by atoms with E-state index in [9.17, 15) is 19.2 Å². The normalized spacial score (nSPS) is 20.0. The zero-order valence-corrected chi connectivity index (χ0v) is 39.0. The third-order valence-electron chi connectivity index (χ3n) is 13.6. The second-order valence-corrected chi connectivity index (χ2v) is 17.9. The van der Waals surface area contributed by atoms with Crippen LogP contribution in [0.15, 0.2) is 85.3 Å². The zero-order chi connectivity index (χ0) is 47.5. The summed E-state index contributed by atoms with van der Waals surface area (Å²) in [6, 6.07) is 22.9. The summed E-state index contributed by atoms with van der Waals surface area (Å²) in [6.45, 7) is 8.57. The van der Waals surface area contributed by atoms with Crippen molar-refractivity contribution in [3.63, 3.8) is 0 Å². The molecule has 3 aromatic carbocycles. The molecule has 1 aliphatic carbocycles. The molecule has 1 saturated carbocycles. The first-order valence-electron chi connectivity index (χ1n) is 24.3. The average Bonchev–Trinajstić information content (AvgIpc) is 3.89. The first-order valence-corrected chi connectivity index (χ1v) is 24.3. The number of nitrogens with one attached hydrogen (secondary N) is 3. The van der Waals surface area contributed by atoms with Gasteiger partial charge in [-0.25, -0.2) is 9.97 Å². The predicted molar refractivity (Wildman–Crippen MR) is 260 cm³/mol. The van der Waals surface area contributed by atoms with Crippen molar-refractivity contribution in [3.8, 4) is 22.6 Å². The molecule has 364 valence electrons. The van der Waals surface area contributed by atoms with E-state index in [4.69, 9.17) is 29.7 Å². The van der Waals surface area contributed by atoms with Gasteiger partial charge in [0, 0.05) is 75.3 Å². The lowest BCUT2D eigenvalue weighted by Gasteiger charge is -2.42. The van der Waals surface area contributed by atoms with E-state index < -0.39 is 17.9 Å². The van der Waals surface area contributed by atoms with Crippen LogP contribution in [0.5, 0.6) is 11.5 Å². The summed E-state index contributed by atoms with van der Waals surface area (Å²) in [4.78, 5) is 66.5. The number of nitrogens with two attached hydrogens (primary N) is 1. The van der Waals surface area contributed by atoms with E-state index in [1.54, 1.807) is 24.5 Å². The number of carbonyl (C=O) groups is 4. The SMILES string of the molecule is Nc1ncnc2c1c(-c1ccc(Oc3ccccc3)cc1)cn2[C@H]1CC[C@@H](N2CCN(CCOCCOCCOCCNC(=O)CNc3cccc4c3C(=O)N(C3CCCNC3=O)C4=O)CC2)CC1. The summed E-state index contributed by atoms with van der Waals surface area (Å²) in [6.07, 6.45) is 9.35. The lowest BCUT2D eigenvalue weighted by atomic mass is 9.89. The molecule has 0 bridgehead atoms. The number of rotatable bonds is 21. The average molecular weight is 943 g/mol. The maximum absolute atomic E-state index is 13.3. The van der Waals surface area contributed by atoms with Crippen LogP contribution in [-0.4, -0.2) is 157 Å². The maximum Gasteiger partial charge on any atom is 0.264 e. The van der Waals surface area contributed by atoms with Gasteiger partial charge < -0.3 is 45.2 Å². The third kappa shape index (κ3) is 11.4. The molecule has 2 saturated heterocycles. The van der Waals surface area contributed by atoms with Gasteiger partial charge in [-0.15, -0.1) is 0 Å². The highest BCUT2D eigenvalue weighted by Crippen LogP contribution is 2.40. The van der Waals surface area contributed by atoms with Gasteiger partial charge in [0.15, 0.2) is 0 Å². The van der Waals surface area contributed by atoms with Crippen molar-refractivity contribution < 1.29 is 38.1 Å².